The van der Waals surface area contributed by atoms with E-state index in [4.69, 9.17) is 16.3 Å². The monoisotopic (exact) mass is 448 g/mol. The molecule has 0 N–H and O–H groups in total. The maximum Gasteiger partial charge on any atom is 0.389 e. The Morgan fingerprint density at radius 1 is 1.06 bits per heavy atom. The van der Waals surface area contributed by atoms with Gasteiger partial charge in [-0.1, -0.05) is 60.1 Å². The van der Waals surface area contributed by atoms with Gasteiger partial charge in [0.15, 0.2) is 0 Å². The number of ether oxygens (including phenoxy) is 2. The quantitative estimate of drug-likeness (QED) is 0.289. The molecule has 0 spiro atoms. The number of benzene rings is 3. The topological polar surface area (TPSA) is 35.5 Å². The van der Waals surface area contributed by atoms with Crippen molar-refractivity contribution in [2.24, 2.45) is 0 Å². The van der Waals surface area contributed by atoms with Crippen LogP contribution in [0.15, 0.2) is 66.7 Å². The fourth-order valence-corrected chi connectivity index (χ4v) is 3.39. The minimum Gasteiger partial charge on any atom is -0.487 e. The van der Waals surface area contributed by atoms with E-state index in [2.05, 4.69) is 4.74 Å². The molecule has 0 amide bonds. The van der Waals surface area contributed by atoms with E-state index >= 15 is 0 Å². The SMILES string of the molecule is COC(=O)/C=C(\CCC(F)(F)F)c1ccc2c(Cl)c(OCc3ccccc3)ccc2c1. The molecule has 162 valence electrons. The van der Waals surface area contributed by atoms with Gasteiger partial charge in [0.25, 0.3) is 0 Å². The highest BCUT2D eigenvalue weighted by molar-refractivity contribution is 6.37. The van der Waals surface area contributed by atoms with Crippen molar-refractivity contribution in [1.82, 2.24) is 0 Å². The second-order valence-electron chi connectivity index (χ2n) is 6.90. The molecule has 3 aromatic rings. The van der Waals surface area contributed by atoms with E-state index in [-0.39, 0.29) is 12.0 Å². The lowest BCUT2D eigenvalue weighted by Crippen LogP contribution is -2.08. The predicted molar refractivity (Wildman–Crippen MR) is 115 cm³/mol. The molecule has 0 aromatic heterocycles. The molecule has 0 saturated heterocycles. The lowest BCUT2D eigenvalue weighted by atomic mass is 9.97. The zero-order chi connectivity index (χ0) is 22.4. The molecule has 0 aliphatic rings. The van der Waals surface area contributed by atoms with Gasteiger partial charge >= 0.3 is 12.1 Å². The van der Waals surface area contributed by atoms with Crippen LogP contribution in [-0.4, -0.2) is 19.3 Å². The van der Waals surface area contributed by atoms with Crippen molar-refractivity contribution in [1.29, 1.82) is 0 Å². The third kappa shape index (κ3) is 6.25. The van der Waals surface area contributed by atoms with Crippen LogP contribution in [0.2, 0.25) is 5.02 Å². The molecular formula is C24H20ClF3O3. The summed E-state index contributed by atoms with van der Waals surface area (Å²) < 4.78 is 48.6. The van der Waals surface area contributed by atoms with Crippen molar-refractivity contribution in [2.45, 2.75) is 25.6 Å². The molecule has 0 aliphatic carbocycles. The van der Waals surface area contributed by atoms with Crippen molar-refractivity contribution in [3.8, 4) is 5.75 Å². The van der Waals surface area contributed by atoms with E-state index in [1.54, 1.807) is 30.3 Å². The molecule has 31 heavy (non-hydrogen) atoms. The van der Waals surface area contributed by atoms with Crippen molar-refractivity contribution >= 4 is 33.9 Å². The third-order valence-electron chi connectivity index (χ3n) is 4.70. The van der Waals surface area contributed by atoms with Crippen LogP contribution in [0.3, 0.4) is 0 Å². The zero-order valence-corrected chi connectivity index (χ0v) is 17.5. The summed E-state index contributed by atoms with van der Waals surface area (Å²) in [6.07, 6.45) is -4.62. The molecule has 0 fully saturated rings. The Hall–Kier alpha value is -2.99. The minimum atomic E-state index is -4.33. The summed E-state index contributed by atoms with van der Waals surface area (Å²) in [5.74, 6) is -0.201. The first-order valence-corrected chi connectivity index (χ1v) is 9.89. The third-order valence-corrected chi connectivity index (χ3v) is 5.09. The molecule has 0 atom stereocenters. The second kappa shape index (κ2) is 9.88. The highest BCUT2D eigenvalue weighted by Crippen LogP contribution is 2.36. The number of rotatable bonds is 7. The van der Waals surface area contributed by atoms with Crippen molar-refractivity contribution in [3.05, 3.63) is 82.9 Å². The van der Waals surface area contributed by atoms with Crippen LogP contribution in [0.1, 0.15) is 24.0 Å². The van der Waals surface area contributed by atoms with E-state index in [9.17, 15) is 18.0 Å². The van der Waals surface area contributed by atoms with Crippen molar-refractivity contribution in [3.63, 3.8) is 0 Å². The van der Waals surface area contributed by atoms with Gasteiger partial charge in [0.1, 0.15) is 12.4 Å². The Balaban J connectivity index is 1.88. The number of carbonyl (C=O) groups excluding carboxylic acids is 1. The second-order valence-corrected chi connectivity index (χ2v) is 7.27. The predicted octanol–water partition coefficient (Wildman–Crippen LogP) is 6.97. The number of hydrogen-bond donors (Lipinski definition) is 0. The van der Waals surface area contributed by atoms with Crippen LogP contribution in [0.4, 0.5) is 13.2 Å². The van der Waals surface area contributed by atoms with E-state index in [0.717, 1.165) is 17.0 Å². The standard InChI is InChI=1S/C24H20ClF3O3/c1-30-22(29)14-18(11-12-24(26,27)28)17-7-9-20-19(13-17)8-10-21(23(20)25)31-15-16-5-3-2-4-6-16/h2-10,13-14H,11-12,15H2,1H3/b18-14+. The van der Waals surface area contributed by atoms with E-state index in [1.165, 1.54) is 7.11 Å². The number of esters is 1. The number of methoxy groups -OCH3 is 1. The molecule has 0 aliphatic heterocycles. The normalized spacial score (nSPS) is 12.1. The van der Waals surface area contributed by atoms with Gasteiger partial charge in [0, 0.05) is 17.9 Å². The Morgan fingerprint density at radius 3 is 2.48 bits per heavy atom. The molecule has 7 heteroatoms. The summed E-state index contributed by atoms with van der Waals surface area (Å²) >= 11 is 6.51. The number of hydrogen-bond acceptors (Lipinski definition) is 3. The fraction of sp³-hybridized carbons (Fsp3) is 0.208. The van der Waals surface area contributed by atoms with Crippen LogP contribution in [0.25, 0.3) is 16.3 Å². The number of alkyl halides is 3. The first-order valence-electron chi connectivity index (χ1n) is 9.51. The highest BCUT2D eigenvalue weighted by atomic mass is 35.5. The molecule has 0 heterocycles. The molecule has 3 aromatic carbocycles. The van der Waals surface area contributed by atoms with Gasteiger partial charge < -0.3 is 9.47 Å². The Kier molecular flexibility index (Phi) is 7.23. The number of allylic oxidation sites excluding steroid dienone is 1. The lowest BCUT2D eigenvalue weighted by Gasteiger charge is -2.13. The number of fused-ring (bicyclic) bond motifs is 1. The van der Waals surface area contributed by atoms with E-state index in [1.807, 2.05) is 30.3 Å². The lowest BCUT2D eigenvalue weighted by molar-refractivity contribution is -0.135. The smallest absolute Gasteiger partial charge is 0.389 e. The largest absolute Gasteiger partial charge is 0.487 e. The van der Waals surface area contributed by atoms with Crippen LogP contribution < -0.4 is 4.74 Å². The Labute approximate surface area is 183 Å². The molecular weight excluding hydrogens is 429 g/mol. The number of carbonyl (C=O) groups is 1. The van der Waals surface area contributed by atoms with Crippen LogP contribution >= 0.6 is 11.6 Å². The summed E-state index contributed by atoms with van der Waals surface area (Å²) in [7, 11) is 1.18. The van der Waals surface area contributed by atoms with Gasteiger partial charge in [-0.15, -0.1) is 0 Å². The maximum absolute atomic E-state index is 12.7. The minimum absolute atomic E-state index is 0.242. The zero-order valence-electron chi connectivity index (χ0n) is 16.7. The van der Waals surface area contributed by atoms with Gasteiger partial charge in [-0.05, 0) is 40.6 Å². The van der Waals surface area contributed by atoms with Crippen LogP contribution in [0.5, 0.6) is 5.75 Å². The van der Waals surface area contributed by atoms with Crippen molar-refractivity contribution in [2.75, 3.05) is 7.11 Å². The molecule has 0 bridgehead atoms. The van der Waals surface area contributed by atoms with Gasteiger partial charge in [0.05, 0.1) is 12.1 Å². The van der Waals surface area contributed by atoms with Crippen LogP contribution in [-0.2, 0) is 16.1 Å². The summed E-state index contributed by atoms with van der Waals surface area (Å²) in [6.45, 7) is 0.355. The number of halogens is 4. The molecule has 0 saturated carbocycles. The summed E-state index contributed by atoms with van der Waals surface area (Å²) in [6, 6.07) is 18.2. The highest BCUT2D eigenvalue weighted by Gasteiger charge is 2.27. The van der Waals surface area contributed by atoms with Gasteiger partial charge in [-0.2, -0.15) is 13.2 Å². The van der Waals surface area contributed by atoms with Gasteiger partial charge in [-0.25, -0.2) is 4.79 Å². The maximum atomic E-state index is 12.7. The van der Waals surface area contributed by atoms with E-state index < -0.39 is 18.6 Å². The van der Waals surface area contributed by atoms with Gasteiger partial charge in [-0.3, -0.25) is 0 Å². The first kappa shape index (κ1) is 22.7. The van der Waals surface area contributed by atoms with E-state index in [0.29, 0.717) is 28.3 Å². The summed E-state index contributed by atoms with van der Waals surface area (Å²) in [5, 5.41) is 1.83. The molecule has 3 nitrogen and oxygen atoms in total. The summed E-state index contributed by atoms with van der Waals surface area (Å²) in [5.41, 5.74) is 1.74. The average Bonchev–Trinajstić information content (AvgIpc) is 2.76. The first-order chi connectivity index (χ1) is 14.8. The van der Waals surface area contributed by atoms with Crippen molar-refractivity contribution < 1.29 is 27.4 Å². The molecule has 0 unspecified atom stereocenters. The Bertz CT molecular complexity index is 1090. The molecule has 3 rings (SSSR count). The molecule has 0 radical (unpaired) electrons. The average molecular weight is 449 g/mol. The van der Waals surface area contributed by atoms with Crippen LogP contribution in [0, 0.1) is 0 Å². The Morgan fingerprint density at radius 2 is 1.81 bits per heavy atom. The summed E-state index contributed by atoms with van der Waals surface area (Å²) in [4.78, 5) is 11.7. The fourth-order valence-electron chi connectivity index (χ4n) is 3.10. The van der Waals surface area contributed by atoms with Gasteiger partial charge in [0.2, 0.25) is 0 Å².